The molecule has 15 heavy (non-hydrogen) atoms. The van der Waals surface area contributed by atoms with E-state index in [1.807, 2.05) is 0 Å². The second kappa shape index (κ2) is 29.3. The Balaban J connectivity index is -0.0000000184. The van der Waals surface area contributed by atoms with Crippen LogP contribution in [0, 0.1) is 30.6 Å². The van der Waals surface area contributed by atoms with Crippen molar-refractivity contribution in [3.8, 4) is 0 Å². The maximum Gasteiger partial charge on any atom is 2.00 e. The molecule has 11 nitrogen and oxygen atoms in total. The van der Waals surface area contributed by atoms with Gasteiger partial charge in [-0.05, 0) is 0 Å². The molecule has 13 heteroatoms. The van der Waals surface area contributed by atoms with Gasteiger partial charge in [0.2, 0.25) is 0 Å². The number of quaternary nitrogens is 1. The van der Waals surface area contributed by atoms with Crippen LogP contribution in [0.5, 0.6) is 0 Å². The Morgan fingerprint density at radius 2 is 1.07 bits per heavy atom. The molecule has 0 aliphatic rings. The Bertz CT molecular complexity index is 125. The summed E-state index contributed by atoms with van der Waals surface area (Å²) in [6, 6.07) is 0. The molecule has 0 amide bonds. The molecule has 0 fully saturated rings. The summed E-state index contributed by atoms with van der Waals surface area (Å²) in [5, 5.41) is 36.9. The van der Waals surface area contributed by atoms with Gasteiger partial charge in [-0.1, -0.05) is 0 Å². The first-order valence-electron chi connectivity index (χ1n) is 2.02. The van der Waals surface area contributed by atoms with Crippen molar-refractivity contribution in [3.63, 3.8) is 0 Å². The summed E-state index contributed by atoms with van der Waals surface area (Å²) in [7, 11) is 0. The minimum Gasteiger partial charge on any atom is -1.00 e. The van der Waals surface area contributed by atoms with Gasteiger partial charge < -0.3 is 54.3 Å². The topological polar surface area (TPSA) is 206 Å². The number of hydrogen-bond acceptors (Lipinski definition) is 7. The third-order valence-corrected chi connectivity index (χ3v) is 0. The molecule has 1 radical (unpaired) electrons. The fourth-order valence-corrected chi connectivity index (χ4v) is 0. The van der Waals surface area contributed by atoms with E-state index in [1.165, 1.54) is 0 Å². The first kappa shape index (κ1) is 37.3. The van der Waals surface area contributed by atoms with Crippen LogP contribution in [0.1, 0.15) is 6.92 Å². The third kappa shape index (κ3) is 773. The number of carbonyl (C=O) groups is 1. The van der Waals surface area contributed by atoms with E-state index in [2.05, 4.69) is 0 Å². The predicted octanol–water partition coefficient (Wildman–Crippen LogP) is -3.01. The Morgan fingerprint density at radius 3 is 1.07 bits per heavy atom. The van der Waals surface area contributed by atoms with Crippen LogP contribution in [0.25, 0.3) is 0 Å². The quantitative estimate of drug-likeness (QED) is 0.267. The summed E-state index contributed by atoms with van der Waals surface area (Å²) in [4.78, 5) is 25.5. The smallest absolute Gasteiger partial charge is 1.00 e. The van der Waals surface area contributed by atoms with Gasteiger partial charge in [0.15, 0.2) is 0 Å². The fraction of sp³-hybridized carbons (Fsp3) is 0.500. The summed E-state index contributed by atoms with van der Waals surface area (Å²) in [6.07, 6.45) is 0. The maximum absolute atomic E-state index is 9.00. The summed E-state index contributed by atoms with van der Waals surface area (Å²) < 4.78 is 0. The SMILES string of the molecule is CC(=O)O.O=[N+]([O-])[O-].O=[N+]([O-])[O-].[Cl-].[Cu+2].[NH4+]. The number of carboxylic acid groups (broad SMARTS) is 1. The van der Waals surface area contributed by atoms with Gasteiger partial charge in [-0.15, -0.1) is 0 Å². The molecular formula is C2H8ClCuN3O8. The predicted molar refractivity (Wildman–Crippen MR) is 40.0 cm³/mol. The molecule has 5 N–H and O–H groups in total. The van der Waals surface area contributed by atoms with Crippen LogP contribution in [0.15, 0.2) is 0 Å². The molecule has 0 spiro atoms. The number of halogens is 1. The third-order valence-electron chi connectivity index (χ3n) is 0. The van der Waals surface area contributed by atoms with Gasteiger partial charge in [0.05, 0.1) is 10.2 Å². The summed E-state index contributed by atoms with van der Waals surface area (Å²) >= 11 is 0. The van der Waals surface area contributed by atoms with E-state index >= 15 is 0 Å². The van der Waals surface area contributed by atoms with Gasteiger partial charge in [0.25, 0.3) is 5.97 Å². The first-order valence-corrected chi connectivity index (χ1v) is 2.02. The minimum absolute atomic E-state index is 0. The van der Waals surface area contributed by atoms with Crippen LogP contribution in [0.3, 0.4) is 0 Å². The van der Waals surface area contributed by atoms with Crippen molar-refractivity contribution >= 4 is 5.97 Å². The van der Waals surface area contributed by atoms with Crippen LogP contribution in [-0.4, -0.2) is 21.2 Å². The molecule has 0 saturated carbocycles. The molecule has 0 rings (SSSR count). The fourth-order valence-electron chi connectivity index (χ4n) is 0. The van der Waals surface area contributed by atoms with Crippen molar-refractivity contribution < 1.29 is 49.6 Å². The summed E-state index contributed by atoms with van der Waals surface area (Å²) in [6.45, 7) is 1.08. The number of nitrogens with zero attached hydrogens (tertiary/aromatic N) is 2. The Kier molecular flexibility index (Phi) is 73.0. The van der Waals surface area contributed by atoms with Gasteiger partial charge in [-0.3, -0.25) is 4.79 Å². The zero-order valence-electron chi connectivity index (χ0n) is 7.38. The Labute approximate surface area is 99.8 Å². The molecule has 0 saturated heterocycles. The minimum atomic E-state index is -1.75. The second-order valence-electron chi connectivity index (χ2n) is 0.966. The normalized spacial score (nSPS) is 4.87. The zero-order valence-corrected chi connectivity index (χ0v) is 9.08. The van der Waals surface area contributed by atoms with E-state index in [-0.39, 0.29) is 35.6 Å². The molecule has 0 aromatic carbocycles. The second-order valence-corrected chi connectivity index (χ2v) is 0.966. The van der Waals surface area contributed by atoms with E-state index < -0.39 is 16.1 Å². The number of carboxylic acids is 1. The van der Waals surface area contributed by atoms with E-state index in [0.29, 0.717) is 0 Å². The molecule has 0 aliphatic heterocycles. The molecule has 0 aromatic rings. The van der Waals surface area contributed by atoms with Crippen molar-refractivity contribution in [2.75, 3.05) is 0 Å². The van der Waals surface area contributed by atoms with Crippen LogP contribution in [0.2, 0.25) is 0 Å². The van der Waals surface area contributed by atoms with E-state index in [0.717, 1.165) is 6.92 Å². The van der Waals surface area contributed by atoms with Crippen LogP contribution in [0.4, 0.5) is 0 Å². The molecule has 0 heterocycles. The van der Waals surface area contributed by atoms with Gasteiger partial charge in [-0.25, -0.2) is 0 Å². The number of hydrogen-bond donors (Lipinski definition) is 2. The van der Waals surface area contributed by atoms with Crippen LogP contribution in [-0.2, 0) is 21.9 Å². The standard InChI is InChI=1S/C2H4O2.ClH.Cu.2NO3.H3N/c1-2(3)4;;;2*2-1(3)4;/h1H3,(H,3,4);1H;;;;1H3/q;;+2;2*-1;. The molecule has 0 aliphatic carbocycles. The molecule has 0 unspecified atom stereocenters. The van der Waals surface area contributed by atoms with E-state index in [1.54, 1.807) is 0 Å². The average Bonchev–Trinajstić information content (AvgIpc) is 1.54. The van der Waals surface area contributed by atoms with Crippen molar-refractivity contribution in [1.82, 2.24) is 6.15 Å². The first-order chi connectivity index (χ1) is 5.20. The van der Waals surface area contributed by atoms with Crippen LogP contribution >= 0.6 is 0 Å². The summed E-state index contributed by atoms with van der Waals surface area (Å²) in [5.41, 5.74) is 0. The van der Waals surface area contributed by atoms with Crippen molar-refractivity contribution in [2.45, 2.75) is 6.92 Å². The van der Waals surface area contributed by atoms with Gasteiger partial charge in [-0.2, -0.15) is 0 Å². The molecule has 0 aromatic heterocycles. The molecule has 0 bridgehead atoms. The van der Waals surface area contributed by atoms with E-state index in [9.17, 15) is 0 Å². The van der Waals surface area contributed by atoms with Crippen molar-refractivity contribution in [1.29, 1.82) is 0 Å². The molecular weight excluding hydrogens is 293 g/mol. The number of rotatable bonds is 0. The Hall–Kier alpha value is -1.36. The van der Waals surface area contributed by atoms with Crippen molar-refractivity contribution in [2.24, 2.45) is 0 Å². The maximum atomic E-state index is 9.00. The average molecular weight is 301 g/mol. The largest absolute Gasteiger partial charge is 2.00 e. The number of aliphatic carboxylic acids is 1. The monoisotopic (exact) mass is 300 g/mol. The molecule has 0 atom stereocenters. The van der Waals surface area contributed by atoms with Gasteiger partial charge in [0.1, 0.15) is 0 Å². The van der Waals surface area contributed by atoms with Gasteiger partial charge in [0, 0.05) is 6.92 Å². The molecule has 97 valence electrons. The summed E-state index contributed by atoms with van der Waals surface area (Å²) in [5.74, 6) is -0.833. The van der Waals surface area contributed by atoms with Crippen molar-refractivity contribution in [3.05, 3.63) is 30.6 Å². The van der Waals surface area contributed by atoms with E-state index in [4.69, 9.17) is 40.5 Å². The Morgan fingerprint density at radius 1 is 1.07 bits per heavy atom. The van der Waals surface area contributed by atoms with Gasteiger partial charge >= 0.3 is 17.1 Å². The van der Waals surface area contributed by atoms with Crippen LogP contribution < -0.4 is 18.6 Å². The zero-order chi connectivity index (χ0) is 10.7.